The molecular formula is C16H25N3O. The van der Waals surface area contributed by atoms with E-state index in [9.17, 15) is 4.79 Å². The molecule has 0 spiro atoms. The van der Waals surface area contributed by atoms with Gasteiger partial charge in [0.2, 0.25) is 5.91 Å². The SMILES string of the molecule is CCC1CCC(C)N1CC(=O)N(C)c1ccc(N)cc1. The van der Waals surface area contributed by atoms with Crippen LogP contribution in [-0.4, -0.2) is 36.5 Å². The number of rotatable bonds is 4. The Hall–Kier alpha value is -1.55. The van der Waals surface area contributed by atoms with E-state index in [2.05, 4.69) is 18.7 Å². The fourth-order valence-corrected chi connectivity index (χ4v) is 2.95. The lowest BCUT2D eigenvalue weighted by Crippen LogP contribution is -2.43. The maximum Gasteiger partial charge on any atom is 0.240 e. The summed E-state index contributed by atoms with van der Waals surface area (Å²) in [4.78, 5) is 16.5. The second kappa shape index (κ2) is 6.27. The highest BCUT2D eigenvalue weighted by atomic mass is 16.2. The van der Waals surface area contributed by atoms with Crippen LogP contribution < -0.4 is 10.6 Å². The molecule has 0 saturated carbocycles. The predicted molar refractivity (Wildman–Crippen MR) is 83.7 cm³/mol. The molecule has 1 aromatic rings. The first-order chi connectivity index (χ1) is 9.52. The number of nitrogens with zero attached hydrogens (tertiary/aromatic N) is 2. The molecule has 0 aromatic heterocycles. The minimum atomic E-state index is 0.141. The van der Waals surface area contributed by atoms with Gasteiger partial charge in [-0.25, -0.2) is 0 Å². The predicted octanol–water partition coefficient (Wildman–Crippen LogP) is 2.49. The van der Waals surface area contributed by atoms with Gasteiger partial charge in [-0.3, -0.25) is 9.69 Å². The van der Waals surface area contributed by atoms with E-state index in [-0.39, 0.29) is 5.91 Å². The molecule has 2 rings (SSSR count). The summed E-state index contributed by atoms with van der Waals surface area (Å²) < 4.78 is 0. The van der Waals surface area contributed by atoms with Crippen LogP contribution in [0.15, 0.2) is 24.3 Å². The van der Waals surface area contributed by atoms with Crippen molar-refractivity contribution in [1.82, 2.24) is 4.90 Å². The number of anilines is 2. The second-order valence-electron chi connectivity index (χ2n) is 5.71. The standard InChI is InChI=1S/C16H25N3O/c1-4-14-8-5-12(2)19(14)11-16(20)18(3)15-9-6-13(17)7-10-15/h6-7,9-10,12,14H,4-5,8,11,17H2,1-3H3. The van der Waals surface area contributed by atoms with Gasteiger partial charge in [0.25, 0.3) is 0 Å². The van der Waals surface area contributed by atoms with Crippen LogP contribution in [0.4, 0.5) is 11.4 Å². The summed E-state index contributed by atoms with van der Waals surface area (Å²) in [5.41, 5.74) is 7.29. The van der Waals surface area contributed by atoms with Crippen LogP contribution in [-0.2, 0) is 4.79 Å². The number of carbonyl (C=O) groups is 1. The summed E-state index contributed by atoms with van der Waals surface area (Å²) in [6, 6.07) is 8.48. The van der Waals surface area contributed by atoms with E-state index in [0.717, 1.165) is 12.1 Å². The van der Waals surface area contributed by atoms with E-state index in [1.807, 2.05) is 31.3 Å². The summed E-state index contributed by atoms with van der Waals surface area (Å²) >= 11 is 0. The van der Waals surface area contributed by atoms with Crippen molar-refractivity contribution < 1.29 is 4.79 Å². The average molecular weight is 275 g/mol. The minimum absolute atomic E-state index is 0.141. The van der Waals surface area contributed by atoms with Crippen molar-refractivity contribution in [3.8, 4) is 0 Å². The van der Waals surface area contributed by atoms with E-state index in [4.69, 9.17) is 5.73 Å². The van der Waals surface area contributed by atoms with E-state index in [0.29, 0.717) is 24.3 Å². The Kier molecular flexibility index (Phi) is 4.65. The number of nitrogens with two attached hydrogens (primary N) is 1. The van der Waals surface area contributed by atoms with Gasteiger partial charge in [0.05, 0.1) is 6.54 Å². The van der Waals surface area contributed by atoms with Crippen molar-refractivity contribution in [2.24, 2.45) is 0 Å². The Labute approximate surface area is 121 Å². The lowest BCUT2D eigenvalue weighted by Gasteiger charge is -2.29. The smallest absolute Gasteiger partial charge is 0.240 e. The van der Waals surface area contributed by atoms with Crippen LogP contribution in [0.3, 0.4) is 0 Å². The van der Waals surface area contributed by atoms with E-state index < -0.39 is 0 Å². The molecule has 1 amide bonds. The number of likely N-dealkylation sites (N-methyl/N-ethyl adjacent to an activating group) is 1. The van der Waals surface area contributed by atoms with E-state index in [1.165, 1.54) is 12.8 Å². The molecule has 1 aliphatic heterocycles. The van der Waals surface area contributed by atoms with Crippen LogP contribution in [0.5, 0.6) is 0 Å². The molecule has 110 valence electrons. The van der Waals surface area contributed by atoms with Crippen molar-refractivity contribution in [3.63, 3.8) is 0 Å². The number of nitrogen functional groups attached to an aromatic ring is 1. The zero-order chi connectivity index (χ0) is 14.7. The molecule has 2 unspecified atom stereocenters. The third kappa shape index (κ3) is 3.12. The van der Waals surface area contributed by atoms with E-state index >= 15 is 0 Å². The monoisotopic (exact) mass is 275 g/mol. The molecule has 0 aliphatic carbocycles. The third-order valence-corrected chi connectivity index (χ3v) is 4.40. The third-order valence-electron chi connectivity index (χ3n) is 4.40. The molecule has 4 nitrogen and oxygen atoms in total. The Bertz CT molecular complexity index is 457. The molecule has 1 aliphatic rings. The van der Waals surface area contributed by atoms with Gasteiger partial charge in [-0.05, 0) is 50.5 Å². The Morgan fingerprint density at radius 2 is 2.00 bits per heavy atom. The fourth-order valence-electron chi connectivity index (χ4n) is 2.95. The summed E-state index contributed by atoms with van der Waals surface area (Å²) in [6.07, 6.45) is 3.51. The zero-order valence-electron chi connectivity index (χ0n) is 12.7. The number of likely N-dealkylation sites (tertiary alicyclic amines) is 1. The van der Waals surface area contributed by atoms with Crippen LogP contribution in [0, 0.1) is 0 Å². The highest BCUT2D eigenvalue weighted by molar-refractivity contribution is 5.94. The zero-order valence-corrected chi connectivity index (χ0v) is 12.7. The highest BCUT2D eigenvalue weighted by Gasteiger charge is 2.31. The van der Waals surface area contributed by atoms with E-state index in [1.54, 1.807) is 4.90 Å². The number of benzene rings is 1. The molecule has 0 radical (unpaired) electrons. The van der Waals surface area contributed by atoms with Gasteiger partial charge in [0, 0.05) is 30.5 Å². The molecule has 2 atom stereocenters. The number of carbonyl (C=O) groups excluding carboxylic acids is 1. The summed E-state index contributed by atoms with van der Waals surface area (Å²) in [5.74, 6) is 0.141. The molecule has 1 aromatic carbocycles. The number of hydrogen-bond acceptors (Lipinski definition) is 3. The largest absolute Gasteiger partial charge is 0.399 e. The fraction of sp³-hybridized carbons (Fsp3) is 0.562. The maximum atomic E-state index is 12.4. The summed E-state index contributed by atoms with van der Waals surface area (Å²) in [5, 5.41) is 0. The molecule has 1 fully saturated rings. The van der Waals surface area contributed by atoms with Crippen molar-refractivity contribution in [1.29, 1.82) is 0 Å². The molecule has 4 heteroatoms. The first-order valence-electron chi connectivity index (χ1n) is 7.40. The normalized spacial score (nSPS) is 22.9. The Morgan fingerprint density at radius 3 is 2.60 bits per heavy atom. The van der Waals surface area contributed by atoms with Gasteiger partial charge < -0.3 is 10.6 Å². The molecule has 2 N–H and O–H groups in total. The van der Waals surface area contributed by atoms with Crippen LogP contribution in [0.2, 0.25) is 0 Å². The van der Waals surface area contributed by atoms with Gasteiger partial charge in [-0.15, -0.1) is 0 Å². The first-order valence-corrected chi connectivity index (χ1v) is 7.40. The quantitative estimate of drug-likeness (QED) is 0.859. The lowest BCUT2D eigenvalue weighted by atomic mass is 10.1. The average Bonchev–Trinajstić information content (AvgIpc) is 2.79. The molecular weight excluding hydrogens is 250 g/mol. The lowest BCUT2D eigenvalue weighted by molar-refractivity contribution is -0.120. The second-order valence-corrected chi connectivity index (χ2v) is 5.71. The molecule has 1 saturated heterocycles. The van der Waals surface area contributed by atoms with Crippen molar-refractivity contribution in [3.05, 3.63) is 24.3 Å². The van der Waals surface area contributed by atoms with Gasteiger partial charge in [0.1, 0.15) is 0 Å². The Morgan fingerprint density at radius 1 is 1.35 bits per heavy atom. The van der Waals surface area contributed by atoms with Crippen molar-refractivity contribution >= 4 is 17.3 Å². The van der Waals surface area contributed by atoms with Crippen molar-refractivity contribution in [2.45, 2.75) is 45.2 Å². The van der Waals surface area contributed by atoms with Gasteiger partial charge in [-0.2, -0.15) is 0 Å². The molecule has 1 heterocycles. The molecule has 20 heavy (non-hydrogen) atoms. The highest BCUT2D eigenvalue weighted by Crippen LogP contribution is 2.26. The minimum Gasteiger partial charge on any atom is -0.399 e. The van der Waals surface area contributed by atoms with Gasteiger partial charge in [-0.1, -0.05) is 6.92 Å². The summed E-state index contributed by atoms with van der Waals surface area (Å²) in [6.45, 7) is 4.91. The van der Waals surface area contributed by atoms with Gasteiger partial charge >= 0.3 is 0 Å². The van der Waals surface area contributed by atoms with Crippen LogP contribution in [0.25, 0.3) is 0 Å². The van der Waals surface area contributed by atoms with Crippen molar-refractivity contribution in [2.75, 3.05) is 24.2 Å². The number of amides is 1. The van der Waals surface area contributed by atoms with Crippen LogP contribution in [0.1, 0.15) is 33.1 Å². The maximum absolute atomic E-state index is 12.4. The first kappa shape index (κ1) is 14.9. The van der Waals surface area contributed by atoms with Crippen LogP contribution >= 0.6 is 0 Å². The Balaban J connectivity index is 2.02. The van der Waals surface area contributed by atoms with Gasteiger partial charge in [0.15, 0.2) is 0 Å². The number of hydrogen-bond donors (Lipinski definition) is 1. The molecule has 0 bridgehead atoms. The topological polar surface area (TPSA) is 49.6 Å². The summed E-state index contributed by atoms with van der Waals surface area (Å²) in [7, 11) is 1.83.